The Morgan fingerprint density at radius 3 is 1.96 bits per heavy atom. The van der Waals surface area contributed by atoms with Crippen LogP contribution in [0, 0.1) is 6.85 Å². The predicted molar refractivity (Wildman–Crippen MR) is 283 cm³/mol. The average molecular weight is 889 g/mol. The van der Waals surface area contributed by atoms with Gasteiger partial charge in [-0.05, 0) is 139 Å². The van der Waals surface area contributed by atoms with Crippen LogP contribution in [-0.4, -0.2) is 19.6 Å². The smallest absolute Gasteiger partial charge is 0.149 e. The molecular formula is C63H63N3O. The molecular weight excluding hydrogens is 815 g/mol. The fourth-order valence-corrected chi connectivity index (χ4v) is 8.70. The topological polar surface area (TPSA) is 50.9 Å². The highest BCUT2D eigenvalue weighted by Gasteiger charge is 2.27. The lowest BCUT2D eigenvalue weighted by molar-refractivity contribution is 0.466. The van der Waals surface area contributed by atoms with Gasteiger partial charge in [0.1, 0.15) is 11.6 Å². The minimum Gasteiger partial charge on any atom is -0.507 e. The summed E-state index contributed by atoms with van der Waals surface area (Å²) in [4.78, 5) is 10.0. The molecule has 67 heavy (non-hydrogen) atoms. The number of aromatic nitrogens is 3. The van der Waals surface area contributed by atoms with E-state index in [1.54, 1.807) is 6.07 Å². The van der Waals surface area contributed by atoms with Crippen LogP contribution in [0.5, 0.6) is 5.75 Å². The molecule has 0 spiro atoms. The summed E-state index contributed by atoms with van der Waals surface area (Å²) in [7, 11) is 0. The van der Waals surface area contributed by atoms with Gasteiger partial charge in [-0.25, -0.2) is 4.98 Å². The van der Waals surface area contributed by atoms with Crippen LogP contribution in [-0.2, 0) is 10.8 Å². The zero-order chi connectivity index (χ0) is 56.8. The molecule has 1 N–H and O–H groups in total. The molecule has 2 heterocycles. The minimum atomic E-state index is -2.58. The molecule has 0 radical (unpaired) electrons. The second-order valence-corrected chi connectivity index (χ2v) is 20.1. The highest BCUT2D eigenvalue weighted by atomic mass is 16.3. The average Bonchev–Trinajstić information content (AvgIpc) is 3.96. The molecule has 0 atom stereocenters. The molecule has 0 fully saturated rings. The van der Waals surface area contributed by atoms with E-state index < -0.39 is 54.7 Å². The minimum absolute atomic E-state index is 0.0296. The van der Waals surface area contributed by atoms with Crippen molar-refractivity contribution in [1.29, 1.82) is 0 Å². The van der Waals surface area contributed by atoms with Crippen molar-refractivity contribution in [3.8, 4) is 78.6 Å². The molecule has 0 saturated heterocycles. The number of rotatable bonds is 9. The first kappa shape index (κ1) is 33.4. The van der Waals surface area contributed by atoms with E-state index >= 15 is 0 Å². The molecule has 0 aliphatic carbocycles. The van der Waals surface area contributed by atoms with Crippen LogP contribution < -0.4 is 0 Å². The Labute approximate surface area is 413 Å². The molecule has 0 aliphatic heterocycles. The molecule has 0 saturated carbocycles. The second-order valence-electron chi connectivity index (χ2n) is 20.1. The maximum atomic E-state index is 12.5. The van der Waals surface area contributed by atoms with E-state index in [-0.39, 0.29) is 51.4 Å². The van der Waals surface area contributed by atoms with Gasteiger partial charge in [0.2, 0.25) is 0 Å². The molecule has 0 unspecified atom stereocenters. The molecule has 0 aliphatic rings. The predicted octanol–water partition coefficient (Wildman–Crippen LogP) is 17.3. The number of benzene rings is 7. The Morgan fingerprint density at radius 2 is 1.28 bits per heavy atom. The van der Waals surface area contributed by atoms with Gasteiger partial charge >= 0.3 is 0 Å². The van der Waals surface area contributed by atoms with E-state index in [9.17, 15) is 6.48 Å². The fraction of sp³-hybridized carbons (Fsp3) is 0.238. The van der Waals surface area contributed by atoms with Crippen LogP contribution in [0.1, 0.15) is 124 Å². The van der Waals surface area contributed by atoms with Gasteiger partial charge in [-0.15, -0.1) is 0 Å². The number of phenolic OH excluding ortho intramolecular Hbond substituents is 1. The first-order valence-electron chi connectivity index (χ1n) is 28.4. The van der Waals surface area contributed by atoms with Gasteiger partial charge in [-0.3, -0.25) is 9.55 Å². The first-order valence-corrected chi connectivity index (χ1v) is 22.9. The van der Waals surface area contributed by atoms with Crippen molar-refractivity contribution in [3.63, 3.8) is 0 Å². The number of fused-ring (bicyclic) bond motifs is 1. The molecule has 9 aromatic rings. The summed E-state index contributed by atoms with van der Waals surface area (Å²) in [6.45, 7) is 18.2. The zero-order valence-electron chi connectivity index (χ0n) is 50.9. The first-order chi connectivity index (χ1) is 36.5. The van der Waals surface area contributed by atoms with Gasteiger partial charge in [0.15, 0.2) is 0 Å². The summed E-state index contributed by atoms with van der Waals surface area (Å²) in [6, 6.07) is 33.0. The lowest BCUT2D eigenvalue weighted by atomic mass is 9.83. The monoisotopic (exact) mass is 889 g/mol. The summed E-state index contributed by atoms with van der Waals surface area (Å²) in [5, 5.41) is 12.5. The third-order valence-corrected chi connectivity index (χ3v) is 12.6. The number of imidazole rings is 1. The third-order valence-electron chi connectivity index (χ3n) is 12.6. The van der Waals surface area contributed by atoms with Crippen molar-refractivity contribution in [2.24, 2.45) is 0 Å². The second kappa shape index (κ2) is 17.6. The Hall–Kier alpha value is -7.04. The van der Waals surface area contributed by atoms with Crippen LogP contribution in [0.4, 0.5) is 0 Å². The van der Waals surface area contributed by atoms with Gasteiger partial charge in [0.05, 0.1) is 38.9 Å². The molecule has 0 amide bonds. The standard InChI is InChI=1S/C63H63N3O/c1-39(2)46-35-52(40(3)4)60(67)55(36-46)61-65-59-51(47-32-48(34-50(33-47)63(9,10)11)56-37-45(29-30-64-56)42-19-14-12-15-20-42)23-18-24-57(59)66(61)58-31-41(5)53(38-54(58)43-21-16-13-17-22-43)44-25-27-49(28-26-44)62(6,7)8/h12-40,67H,1-11H3/i5D3,12D,14D,15D,19D,20D,29D,30D,37D. The SMILES string of the molecule is [2H]c1nc(-c2cc(-c3cccc4c3nc(-c3cc(C(C)C)cc(C(C)C)c3O)n4-c3cc(C([2H])([2H])[2H])c(-c4ccc(C(C)(C)C)cc4)cc3-c3ccccc3)cc(C(C)(C)C)c2)c([2H])c(-c2c([2H])c([2H])c([2H])c([2H])c2[2H])c1[2H]. The number of phenols is 1. The van der Waals surface area contributed by atoms with Crippen LogP contribution in [0.2, 0.25) is 0 Å². The number of para-hydroxylation sites is 1. The number of aryl methyl sites for hydroxylation is 1. The number of pyridine rings is 1. The summed E-state index contributed by atoms with van der Waals surface area (Å²) in [5.41, 5.74) is 8.96. The Balaban J connectivity index is 1.40. The summed E-state index contributed by atoms with van der Waals surface area (Å²) in [6.07, 6.45) is -0.543. The van der Waals surface area contributed by atoms with Gasteiger partial charge < -0.3 is 5.11 Å². The van der Waals surface area contributed by atoms with Crippen LogP contribution in [0.25, 0.3) is 83.9 Å². The van der Waals surface area contributed by atoms with Crippen LogP contribution >= 0.6 is 0 Å². The summed E-state index contributed by atoms with van der Waals surface area (Å²) >= 11 is 0. The fourth-order valence-electron chi connectivity index (χ4n) is 8.70. The molecule has 7 aromatic carbocycles. The van der Waals surface area contributed by atoms with Gasteiger partial charge in [-0.1, -0.05) is 178 Å². The van der Waals surface area contributed by atoms with Crippen LogP contribution in [0.3, 0.4) is 0 Å². The largest absolute Gasteiger partial charge is 0.507 e. The molecule has 4 nitrogen and oxygen atoms in total. The van der Waals surface area contributed by atoms with Crippen LogP contribution in [0.15, 0.2) is 164 Å². The van der Waals surface area contributed by atoms with Gasteiger partial charge in [0.25, 0.3) is 0 Å². The van der Waals surface area contributed by atoms with E-state index in [0.717, 1.165) is 38.9 Å². The molecule has 0 bridgehead atoms. The van der Waals surface area contributed by atoms with E-state index in [4.69, 9.17) is 18.7 Å². The highest BCUT2D eigenvalue weighted by Crippen LogP contribution is 2.45. The van der Waals surface area contributed by atoms with Crippen molar-refractivity contribution in [3.05, 3.63) is 192 Å². The van der Waals surface area contributed by atoms with Crippen molar-refractivity contribution in [1.82, 2.24) is 14.5 Å². The maximum absolute atomic E-state index is 12.5. The zero-order valence-corrected chi connectivity index (χ0v) is 39.9. The van der Waals surface area contributed by atoms with E-state index in [2.05, 4.69) is 39.6 Å². The number of hydrogen-bond donors (Lipinski definition) is 1. The molecule has 9 rings (SSSR count). The van der Waals surface area contributed by atoms with E-state index in [1.165, 1.54) is 0 Å². The summed E-state index contributed by atoms with van der Waals surface area (Å²) in [5.74, 6) is 0.395. The van der Waals surface area contributed by atoms with E-state index in [1.807, 2.05) is 148 Å². The lowest BCUT2D eigenvalue weighted by Crippen LogP contribution is -2.11. The lowest BCUT2D eigenvalue weighted by Gasteiger charge is -2.22. The molecule has 336 valence electrons. The van der Waals surface area contributed by atoms with E-state index in [0.29, 0.717) is 50.4 Å². The maximum Gasteiger partial charge on any atom is 0.149 e. The Bertz CT molecular complexity index is 3820. The van der Waals surface area contributed by atoms with Crippen molar-refractivity contribution >= 4 is 11.0 Å². The highest BCUT2D eigenvalue weighted by molar-refractivity contribution is 5.98. The van der Waals surface area contributed by atoms with Gasteiger partial charge in [-0.2, -0.15) is 0 Å². The number of hydrogen-bond acceptors (Lipinski definition) is 3. The molecule has 4 heteroatoms. The normalized spacial score (nSPS) is 14.7. The van der Waals surface area contributed by atoms with Gasteiger partial charge in [0, 0.05) is 27.0 Å². The van der Waals surface area contributed by atoms with Crippen molar-refractivity contribution in [2.75, 3.05) is 0 Å². The Kier molecular flexibility index (Phi) is 8.80. The Morgan fingerprint density at radius 1 is 0.582 bits per heavy atom. The quantitative estimate of drug-likeness (QED) is 0.157. The third kappa shape index (κ3) is 8.86. The van der Waals surface area contributed by atoms with Crippen molar-refractivity contribution < 1.29 is 20.2 Å². The summed E-state index contributed by atoms with van der Waals surface area (Å²) < 4.78 is 99.3. The number of aromatic hydroxyl groups is 1. The number of nitrogens with zero attached hydrogens (tertiary/aromatic N) is 3. The van der Waals surface area contributed by atoms with Crippen molar-refractivity contribution in [2.45, 2.75) is 98.8 Å². The molecule has 2 aromatic heterocycles.